The Morgan fingerprint density at radius 2 is 1.77 bits per heavy atom. The van der Waals surface area contributed by atoms with Gasteiger partial charge in [0.2, 0.25) is 11.8 Å². The van der Waals surface area contributed by atoms with Gasteiger partial charge >= 0.3 is 0 Å². The minimum absolute atomic E-state index is 0.0108. The summed E-state index contributed by atoms with van der Waals surface area (Å²) in [5, 5.41) is 3.94. The maximum atomic E-state index is 12.9. The van der Waals surface area contributed by atoms with Crippen molar-refractivity contribution < 1.29 is 13.2 Å². The first-order chi connectivity index (χ1) is 16.7. The smallest absolute Gasteiger partial charge is 0.267 e. The van der Waals surface area contributed by atoms with Gasteiger partial charge in [0.05, 0.1) is 11.9 Å². The van der Waals surface area contributed by atoms with Crippen LogP contribution in [-0.2, 0) is 23.5 Å². The molecule has 2 aromatic carbocycles. The molecule has 0 aliphatic rings. The molecule has 4 aromatic rings. The molecule has 0 aliphatic carbocycles. The van der Waals surface area contributed by atoms with Crippen LogP contribution >= 0.6 is 0 Å². The molecule has 182 valence electrons. The number of hydrogen-bond acceptors (Lipinski definition) is 7. The summed E-state index contributed by atoms with van der Waals surface area (Å²) in [4.78, 5) is 8.86. The van der Waals surface area contributed by atoms with Crippen LogP contribution in [0.1, 0.15) is 23.1 Å². The van der Waals surface area contributed by atoms with Gasteiger partial charge in [-0.1, -0.05) is 30.3 Å². The predicted molar refractivity (Wildman–Crippen MR) is 135 cm³/mol. The summed E-state index contributed by atoms with van der Waals surface area (Å²) < 4.78 is 35.7. The molecule has 0 saturated carbocycles. The van der Waals surface area contributed by atoms with Crippen LogP contribution in [0.25, 0.3) is 11.3 Å². The van der Waals surface area contributed by atoms with E-state index in [1.807, 2.05) is 56.3 Å². The van der Waals surface area contributed by atoms with Crippen molar-refractivity contribution in [2.45, 2.75) is 31.6 Å². The summed E-state index contributed by atoms with van der Waals surface area (Å²) in [5.41, 5.74) is 10.2. The average molecular weight is 493 g/mol. The fourth-order valence-electron chi connectivity index (χ4n) is 3.74. The van der Waals surface area contributed by atoms with Crippen LogP contribution in [-0.4, -0.2) is 34.7 Å². The number of hydrogen-bond donors (Lipinski definition) is 2. The highest BCUT2D eigenvalue weighted by molar-refractivity contribution is 7.92. The molecule has 0 bridgehead atoms. The molecule has 0 aliphatic heterocycles. The van der Waals surface area contributed by atoms with Gasteiger partial charge in [-0.2, -0.15) is 10.1 Å². The van der Waals surface area contributed by atoms with Gasteiger partial charge in [-0.05, 0) is 62.1 Å². The highest BCUT2D eigenvalue weighted by Gasteiger charge is 2.20. The number of rotatable bonds is 9. The van der Waals surface area contributed by atoms with Crippen LogP contribution in [0.4, 0.5) is 5.95 Å². The second kappa shape index (κ2) is 10.2. The Kier molecular flexibility index (Phi) is 7.13. The van der Waals surface area contributed by atoms with Gasteiger partial charge in [-0.25, -0.2) is 18.1 Å². The highest BCUT2D eigenvalue weighted by atomic mass is 32.2. The Labute approximate surface area is 205 Å². The van der Waals surface area contributed by atoms with Crippen molar-refractivity contribution in [3.63, 3.8) is 0 Å². The van der Waals surface area contributed by atoms with Crippen molar-refractivity contribution >= 4 is 16.0 Å². The molecule has 0 unspecified atom stereocenters. The summed E-state index contributed by atoms with van der Waals surface area (Å²) in [6, 6.07) is 15.3. The molecule has 0 amide bonds. The largest absolute Gasteiger partial charge is 0.439 e. The molecule has 9 nitrogen and oxygen atoms in total. The van der Waals surface area contributed by atoms with Crippen molar-refractivity contribution in [3.8, 4) is 22.9 Å². The summed E-state index contributed by atoms with van der Waals surface area (Å²) in [6.45, 7) is 4.59. The molecule has 10 heteroatoms. The summed E-state index contributed by atoms with van der Waals surface area (Å²) in [6.07, 6.45) is 4.47. The second-order valence-electron chi connectivity index (χ2n) is 8.28. The third-order valence-electron chi connectivity index (χ3n) is 5.47. The normalized spacial score (nSPS) is 11.4. The quantitative estimate of drug-likeness (QED) is 0.362. The van der Waals surface area contributed by atoms with Gasteiger partial charge in [0.25, 0.3) is 10.0 Å². The van der Waals surface area contributed by atoms with Crippen LogP contribution in [0.2, 0.25) is 0 Å². The molecule has 0 radical (unpaired) electrons. The molecular formula is C25H28N6O3S. The molecule has 2 aromatic heterocycles. The van der Waals surface area contributed by atoms with Crippen LogP contribution < -0.4 is 15.2 Å². The van der Waals surface area contributed by atoms with E-state index in [4.69, 9.17) is 10.5 Å². The van der Waals surface area contributed by atoms with E-state index in [9.17, 15) is 8.42 Å². The number of nitrogens with one attached hydrogen (secondary N) is 1. The number of ether oxygens (including phenoxy) is 1. The number of anilines is 1. The molecule has 0 fully saturated rings. The third kappa shape index (κ3) is 5.84. The minimum Gasteiger partial charge on any atom is -0.439 e. The van der Waals surface area contributed by atoms with Crippen LogP contribution in [0.15, 0.2) is 65.8 Å². The van der Waals surface area contributed by atoms with Crippen LogP contribution in [0.3, 0.4) is 0 Å². The first-order valence-corrected chi connectivity index (χ1v) is 12.7. The fourth-order valence-corrected chi connectivity index (χ4v) is 4.66. The van der Waals surface area contributed by atoms with Crippen molar-refractivity contribution in [1.29, 1.82) is 0 Å². The van der Waals surface area contributed by atoms with E-state index >= 15 is 0 Å². The van der Waals surface area contributed by atoms with Crippen molar-refractivity contribution in [1.82, 2.24) is 19.7 Å². The molecule has 35 heavy (non-hydrogen) atoms. The molecular weight excluding hydrogens is 464 g/mol. The van der Waals surface area contributed by atoms with E-state index in [2.05, 4.69) is 19.8 Å². The molecule has 4 rings (SSSR count). The Morgan fingerprint density at radius 3 is 2.40 bits per heavy atom. The zero-order valence-corrected chi connectivity index (χ0v) is 20.7. The maximum absolute atomic E-state index is 12.9. The minimum atomic E-state index is -3.94. The van der Waals surface area contributed by atoms with Gasteiger partial charge in [-0.3, -0.25) is 4.68 Å². The lowest BCUT2D eigenvalue weighted by Gasteiger charge is -2.13. The second-order valence-corrected chi connectivity index (χ2v) is 9.96. The van der Waals surface area contributed by atoms with Gasteiger partial charge in [0.15, 0.2) is 0 Å². The zero-order valence-electron chi connectivity index (χ0n) is 19.9. The van der Waals surface area contributed by atoms with Crippen molar-refractivity contribution in [2.75, 3.05) is 11.3 Å². The highest BCUT2D eigenvalue weighted by Crippen LogP contribution is 2.31. The van der Waals surface area contributed by atoms with Gasteiger partial charge in [0, 0.05) is 24.9 Å². The van der Waals surface area contributed by atoms with E-state index in [1.165, 1.54) is 17.1 Å². The lowest BCUT2D eigenvalue weighted by Crippen LogP contribution is -2.15. The maximum Gasteiger partial charge on any atom is 0.267 e. The Bertz CT molecular complexity index is 1410. The molecule has 0 atom stereocenters. The zero-order chi connectivity index (χ0) is 25.0. The van der Waals surface area contributed by atoms with E-state index in [0.717, 1.165) is 35.1 Å². The topological polar surface area (TPSA) is 125 Å². The predicted octanol–water partition coefficient (Wildman–Crippen LogP) is 3.98. The van der Waals surface area contributed by atoms with E-state index in [0.29, 0.717) is 18.0 Å². The van der Waals surface area contributed by atoms with Crippen LogP contribution in [0.5, 0.6) is 11.6 Å². The first kappa shape index (κ1) is 24.4. The number of nitrogens with zero attached hydrogens (tertiary/aromatic N) is 4. The van der Waals surface area contributed by atoms with Gasteiger partial charge in [-0.15, -0.1) is 0 Å². The monoisotopic (exact) mass is 492 g/mol. The van der Waals surface area contributed by atoms with E-state index in [1.54, 1.807) is 13.1 Å². The summed E-state index contributed by atoms with van der Waals surface area (Å²) in [7, 11) is -2.30. The van der Waals surface area contributed by atoms with Gasteiger partial charge in [0.1, 0.15) is 10.6 Å². The third-order valence-corrected chi connectivity index (χ3v) is 6.76. The number of aryl methyl sites for hydroxylation is 4. The lowest BCUT2D eigenvalue weighted by molar-refractivity contribution is 0.462. The molecule has 3 N–H and O–H groups in total. The van der Waals surface area contributed by atoms with Crippen molar-refractivity contribution in [3.05, 3.63) is 77.6 Å². The lowest BCUT2D eigenvalue weighted by atomic mass is 10.00. The first-order valence-electron chi connectivity index (χ1n) is 11.2. The van der Waals surface area contributed by atoms with Crippen molar-refractivity contribution in [2.24, 2.45) is 12.8 Å². The standard InChI is InChI=1S/C25H28N6O3S/c1-17-6-4-7-18(2)24(17)22-14-23(34-20-11-9-19(10-12-20)8-5-13-26)29-25(28-22)30-35(32,33)21-15-27-31(3)16-21/h4,6-7,9-12,14-16H,5,8,13,26H2,1-3H3,(H,28,29,30). The Morgan fingerprint density at radius 1 is 1.06 bits per heavy atom. The van der Waals surface area contributed by atoms with E-state index < -0.39 is 10.0 Å². The number of aromatic nitrogens is 4. The van der Waals surface area contributed by atoms with Crippen LogP contribution in [0, 0.1) is 13.8 Å². The SMILES string of the molecule is Cc1cccc(C)c1-c1cc(Oc2ccc(CCCN)cc2)nc(NS(=O)(=O)c2cnn(C)c2)n1. The number of nitrogens with two attached hydrogens (primary N) is 1. The van der Waals surface area contributed by atoms with Gasteiger partial charge < -0.3 is 10.5 Å². The molecule has 2 heterocycles. The number of benzene rings is 2. The molecule has 0 saturated heterocycles. The summed E-state index contributed by atoms with van der Waals surface area (Å²) >= 11 is 0. The fraction of sp³-hybridized carbons (Fsp3) is 0.240. The Hall–Kier alpha value is -3.76. The average Bonchev–Trinajstić information content (AvgIpc) is 3.25. The molecule has 0 spiro atoms. The number of sulfonamides is 1. The summed E-state index contributed by atoms with van der Waals surface area (Å²) in [5.74, 6) is 0.702. The Balaban J connectivity index is 1.71. The van der Waals surface area contributed by atoms with E-state index in [-0.39, 0.29) is 16.7 Å².